The van der Waals surface area contributed by atoms with Gasteiger partial charge in [-0.2, -0.15) is 0 Å². The van der Waals surface area contributed by atoms with Crippen molar-refractivity contribution in [2.45, 2.75) is 58.3 Å². The van der Waals surface area contributed by atoms with Crippen LogP contribution in [0.5, 0.6) is 0 Å². The lowest BCUT2D eigenvalue weighted by Crippen LogP contribution is -2.42. The summed E-state index contributed by atoms with van der Waals surface area (Å²) in [6.07, 6.45) is 0.384. The van der Waals surface area contributed by atoms with E-state index in [0.717, 1.165) is 6.42 Å². The molecule has 0 aliphatic carbocycles. The molecule has 0 bridgehead atoms. The van der Waals surface area contributed by atoms with E-state index in [1.165, 1.54) is 11.3 Å². The fraction of sp³-hybridized carbons (Fsp3) is 0.722. The summed E-state index contributed by atoms with van der Waals surface area (Å²) in [6.45, 7) is 8.97. The zero-order valence-corrected chi connectivity index (χ0v) is 19.3. The number of aromatic nitrogens is 1. The van der Waals surface area contributed by atoms with Crippen LogP contribution in [0.2, 0.25) is 0 Å². The molecule has 1 aromatic rings. The van der Waals surface area contributed by atoms with E-state index in [9.17, 15) is 9.59 Å². The number of ether oxygens (including phenoxy) is 3. The molecule has 1 aromatic heterocycles. The number of amides is 1. The van der Waals surface area contributed by atoms with Crippen molar-refractivity contribution in [3.8, 4) is 0 Å². The van der Waals surface area contributed by atoms with Crippen molar-refractivity contribution in [1.82, 2.24) is 15.2 Å². The molecule has 1 saturated heterocycles. The van der Waals surface area contributed by atoms with Crippen LogP contribution in [0.15, 0.2) is 3.92 Å². The molecule has 0 unspecified atom stereocenters. The number of rotatable bonds is 7. The van der Waals surface area contributed by atoms with E-state index in [2.05, 4.69) is 26.2 Å². The zero-order valence-electron chi connectivity index (χ0n) is 16.9. The smallest absolute Gasteiger partial charge is 0.410 e. The van der Waals surface area contributed by atoms with Crippen molar-refractivity contribution < 1.29 is 23.8 Å². The zero-order chi connectivity index (χ0) is 20.9. The molecule has 1 amide bonds. The van der Waals surface area contributed by atoms with E-state index >= 15 is 0 Å². The quantitative estimate of drug-likeness (QED) is 0.602. The molecule has 1 aliphatic rings. The van der Waals surface area contributed by atoms with Gasteiger partial charge in [0.2, 0.25) is 0 Å². The molecule has 1 N–H and O–H groups in total. The molecule has 0 aromatic carbocycles. The van der Waals surface area contributed by atoms with Gasteiger partial charge < -0.3 is 24.4 Å². The summed E-state index contributed by atoms with van der Waals surface area (Å²) in [4.78, 5) is 31.2. The first-order valence-corrected chi connectivity index (χ1v) is 10.8. The molecule has 2 atom stereocenters. The van der Waals surface area contributed by atoms with Crippen LogP contribution in [0, 0.1) is 0 Å². The van der Waals surface area contributed by atoms with Gasteiger partial charge in [0, 0.05) is 26.2 Å². The molecule has 0 spiro atoms. The van der Waals surface area contributed by atoms with Crippen molar-refractivity contribution in [3.63, 3.8) is 0 Å². The monoisotopic (exact) mass is 477 g/mol. The van der Waals surface area contributed by atoms with Crippen LogP contribution in [0.3, 0.4) is 0 Å². The molecule has 158 valence electrons. The number of halogens is 1. The van der Waals surface area contributed by atoms with Crippen molar-refractivity contribution in [1.29, 1.82) is 0 Å². The highest BCUT2D eigenvalue weighted by atomic mass is 79.9. The molecular weight excluding hydrogens is 450 g/mol. The summed E-state index contributed by atoms with van der Waals surface area (Å²) in [7, 11) is 1.62. The number of hydrogen-bond acceptors (Lipinski definition) is 8. The minimum Gasteiger partial charge on any atom is -0.462 e. The average molecular weight is 478 g/mol. The average Bonchev–Trinajstić information content (AvgIpc) is 3.15. The predicted molar refractivity (Wildman–Crippen MR) is 110 cm³/mol. The van der Waals surface area contributed by atoms with Crippen LogP contribution >= 0.6 is 27.3 Å². The van der Waals surface area contributed by atoms with Crippen LogP contribution in [0.1, 0.15) is 49.5 Å². The fourth-order valence-electron chi connectivity index (χ4n) is 3.00. The lowest BCUT2D eigenvalue weighted by molar-refractivity contribution is 0.0146. The van der Waals surface area contributed by atoms with E-state index in [0.29, 0.717) is 40.8 Å². The first-order valence-electron chi connectivity index (χ1n) is 9.18. The Hall–Kier alpha value is -1.23. The number of methoxy groups -OCH3 is 1. The molecule has 1 aliphatic heterocycles. The third kappa shape index (κ3) is 6.40. The topological polar surface area (TPSA) is 90.0 Å². The van der Waals surface area contributed by atoms with Gasteiger partial charge in [-0.1, -0.05) is 11.3 Å². The number of thiazole rings is 1. The number of carbonyl (C=O) groups is 2. The third-order valence-corrected chi connectivity index (χ3v) is 5.62. The molecule has 2 heterocycles. The van der Waals surface area contributed by atoms with Gasteiger partial charge in [0.05, 0.1) is 24.9 Å². The van der Waals surface area contributed by atoms with Crippen molar-refractivity contribution in [2.24, 2.45) is 0 Å². The fourth-order valence-corrected chi connectivity index (χ4v) is 4.40. The molecule has 1 fully saturated rings. The van der Waals surface area contributed by atoms with Gasteiger partial charge in [0.25, 0.3) is 0 Å². The van der Waals surface area contributed by atoms with Crippen molar-refractivity contribution in [3.05, 3.63) is 14.5 Å². The summed E-state index contributed by atoms with van der Waals surface area (Å²) in [5, 5.41) is 3.40. The first-order chi connectivity index (χ1) is 13.1. The molecular formula is C18H28BrN3O5S. The number of likely N-dealkylation sites (tertiary alicyclic amines) is 1. The van der Waals surface area contributed by atoms with Crippen molar-refractivity contribution in [2.75, 3.05) is 26.9 Å². The second-order valence-corrected chi connectivity index (χ2v) is 9.79. The van der Waals surface area contributed by atoms with Crippen LogP contribution in [0.4, 0.5) is 4.79 Å². The van der Waals surface area contributed by atoms with E-state index in [4.69, 9.17) is 14.2 Å². The Morgan fingerprint density at radius 3 is 2.71 bits per heavy atom. The van der Waals surface area contributed by atoms with Crippen LogP contribution in [-0.2, 0) is 20.8 Å². The largest absolute Gasteiger partial charge is 0.462 e. The van der Waals surface area contributed by atoms with Gasteiger partial charge in [-0.3, -0.25) is 0 Å². The molecule has 8 nitrogen and oxygen atoms in total. The normalized spacial score (nSPS) is 19.7. The van der Waals surface area contributed by atoms with E-state index < -0.39 is 5.60 Å². The highest BCUT2D eigenvalue weighted by Gasteiger charge is 2.37. The Bertz CT molecular complexity index is 691. The Morgan fingerprint density at radius 2 is 2.11 bits per heavy atom. The Morgan fingerprint density at radius 1 is 1.39 bits per heavy atom. The second-order valence-electron chi connectivity index (χ2n) is 7.52. The lowest BCUT2D eigenvalue weighted by Gasteiger charge is -2.28. The third-order valence-electron chi connectivity index (χ3n) is 4.09. The Balaban J connectivity index is 2.02. The number of nitrogens with one attached hydrogen (secondary N) is 1. The maximum atomic E-state index is 12.5. The summed E-state index contributed by atoms with van der Waals surface area (Å²) >= 11 is 4.58. The van der Waals surface area contributed by atoms with E-state index in [1.807, 2.05) is 20.8 Å². The predicted octanol–water partition coefficient (Wildman–Crippen LogP) is 3.20. The number of carbonyl (C=O) groups excluding carboxylic acids is 2. The minimum atomic E-state index is -0.554. The molecule has 10 heteroatoms. The lowest BCUT2D eigenvalue weighted by atomic mass is 10.2. The van der Waals surface area contributed by atoms with Gasteiger partial charge in [-0.05, 0) is 50.0 Å². The number of hydrogen-bond donors (Lipinski definition) is 1. The molecule has 28 heavy (non-hydrogen) atoms. The summed E-state index contributed by atoms with van der Waals surface area (Å²) < 4.78 is 16.5. The molecule has 0 saturated carbocycles. The van der Waals surface area contributed by atoms with E-state index in [1.54, 1.807) is 18.9 Å². The molecule has 0 radical (unpaired) electrons. The summed E-state index contributed by atoms with van der Waals surface area (Å²) in [5.41, 5.74) is 0.0797. The van der Waals surface area contributed by atoms with Crippen LogP contribution in [-0.4, -0.2) is 66.5 Å². The van der Waals surface area contributed by atoms with Crippen LogP contribution in [0.25, 0.3) is 0 Å². The summed E-state index contributed by atoms with van der Waals surface area (Å²) in [6, 6.07) is -0.0211. The van der Waals surface area contributed by atoms with Gasteiger partial charge in [-0.25, -0.2) is 14.6 Å². The van der Waals surface area contributed by atoms with Gasteiger partial charge in [-0.15, -0.1) is 0 Å². The summed E-state index contributed by atoms with van der Waals surface area (Å²) in [5.74, 6) is -0.374. The first kappa shape index (κ1) is 23.1. The second kappa shape index (κ2) is 10.00. The highest BCUT2D eigenvalue weighted by Crippen LogP contribution is 2.26. The van der Waals surface area contributed by atoms with Gasteiger partial charge >= 0.3 is 12.1 Å². The standard InChI is InChI=1S/C18H28BrN3O5S/c1-6-26-15(23)14-13(21-16(19)28-14)8-20-11-7-12(10-25-5)22(9-11)17(24)27-18(2,3)4/h11-12,20H,6-10H2,1-5H3/t11-,12+/m1/s1. The molecule has 2 rings (SSSR count). The van der Waals surface area contributed by atoms with Gasteiger partial charge in [0.15, 0.2) is 3.92 Å². The van der Waals surface area contributed by atoms with Gasteiger partial charge in [0.1, 0.15) is 10.5 Å². The van der Waals surface area contributed by atoms with Crippen molar-refractivity contribution >= 4 is 39.3 Å². The Labute approximate surface area is 178 Å². The number of esters is 1. The number of nitrogens with zero attached hydrogens (tertiary/aromatic N) is 2. The highest BCUT2D eigenvalue weighted by molar-refractivity contribution is 9.11. The minimum absolute atomic E-state index is 0.0446. The Kier molecular flexibility index (Phi) is 8.23. The SMILES string of the molecule is CCOC(=O)c1sc(Br)nc1CN[C@@H]1C[C@@H](COC)N(C(=O)OC(C)(C)C)C1. The maximum absolute atomic E-state index is 12.5. The van der Waals surface area contributed by atoms with Crippen LogP contribution < -0.4 is 5.32 Å². The van der Waals surface area contributed by atoms with E-state index in [-0.39, 0.29) is 24.1 Å². The maximum Gasteiger partial charge on any atom is 0.410 e.